The molecule has 16 heavy (non-hydrogen) atoms. The minimum absolute atomic E-state index is 0.0345. The minimum Gasteiger partial charge on any atom is -0.355 e. The lowest BCUT2D eigenvalue weighted by atomic mass is 10.1. The summed E-state index contributed by atoms with van der Waals surface area (Å²) in [7, 11) is 0. The van der Waals surface area contributed by atoms with Gasteiger partial charge in [-0.15, -0.1) is 0 Å². The molecule has 1 aliphatic rings. The number of amides is 1. The SMILES string of the molecule is O=C1NCCCC1NCc1cccc(Br)c1. The van der Waals surface area contributed by atoms with Gasteiger partial charge in [-0.05, 0) is 30.5 Å². The number of hydrogen-bond donors (Lipinski definition) is 2. The molecule has 0 aromatic heterocycles. The highest BCUT2D eigenvalue weighted by Gasteiger charge is 2.20. The van der Waals surface area contributed by atoms with Crippen LogP contribution in [0.5, 0.6) is 0 Å². The highest BCUT2D eigenvalue weighted by Crippen LogP contribution is 2.12. The van der Waals surface area contributed by atoms with E-state index in [0.717, 1.165) is 30.4 Å². The van der Waals surface area contributed by atoms with E-state index in [0.29, 0.717) is 0 Å². The molecule has 1 atom stereocenters. The van der Waals surface area contributed by atoms with Gasteiger partial charge in [0.15, 0.2) is 0 Å². The third kappa shape index (κ3) is 3.06. The molecule has 0 aliphatic carbocycles. The molecule has 0 radical (unpaired) electrons. The first-order chi connectivity index (χ1) is 7.75. The Balaban J connectivity index is 1.89. The van der Waals surface area contributed by atoms with E-state index in [4.69, 9.17) is 0 Å². The molecule has 0 bridgehead atoms. The molecule has 2 rings (SSSR count). The fourth-order valence-corrected chi connectivity index (χ4v) is 2.30. The highest BCUT2D eigenvalue weighted by atomic mass is 79.9. The quantitative estimate of drug-likeness (QED) is 0.888. The van der Waals surface area contributed by atoms with Gasteiger partial charge in [0.1, 0.15) is 0 Å². The lowest BCUT2D eigenvalue weighted by Crippen LogP contribution is -2.47. The van der Waals surface area contributed by atoms with Crippen molar-refractivity contribution in [1.82, 2.24) is 10.6 Å². The van der Waals surface area contributed by atoms with Crippen LogP contribution in [0.15, 0.2) is 28.7 Å². The molecule has 1 aromatic rings. The zero-order valence-corrected chi connectivity index (χ0v) is 10.6. The molecule has 0 saturated carbocycles. The van der Waals surface area contributed by atoms with Crippen molar-refractivity contribution in [3.63, 3.8) is 0 Å². The van der Waals surface area contributed by atoms with Gasteiger partial charge in [0, 0.05) is 17.6 Å². The van der Waals surface area contributed by atoms with Crippen LogP contribution in [0.2, 0.25) is 0 Å². The summed E-state index contributed by atoms with van der Waals surface area (Å²) in [6.07, 6.45) is 1.99. The van der Waals surface area contributed by atoms with Crippen LogP contribution in [-0.2, 0) is 11.3 Å². The van der Waals surface area contributed by atoms with Crippen LogP contribution in [0.25, 0.3) is 0 Å². The van der Waals surface area contributed by atoms with Gasteiger partial charge in [0.2, 0.25) is 5.91 Å². The Hall–Kier alpha value is -0.870. The second kappa shape index (κ2) is 5.46. The summed E-state index contributed by atoms with van der Waals surface area (Å²) in [6.45, 7) is 1.55. The standard InChI is InChI=1S/C12H15BrN2O/c13-10-4-1-3-9(7-10)8-15-11-5-2-6-14-12(11)16/h1,3-4,7,11,15H,2,5-6,8H2,(H,14,16). The van der Waals surface area contributed by atoms with Crippen molar-refractivity contribution in [2.75, 3.05) is 6.54 Å². The molecule has 1 aliphatic heterocycles. The monoisotopic (exact) mass is 282 g/mol. The lowest BCUT2D eigenvalue weighted by molar-refractivity contribution is -0.124. The van der Waals surface area contributed by atoms with E-state index in [-0.39, 0.29) is 11.9 Å². The van der Waals surface area contributed by atoms with Crippen molar-refractivity contribution in [2.45, 2.75) is 25.4 Å². The molecule has 1 heterocycles. The molecule has 1 amide bonds. The van der Waals surface area contributed by atoms with Crippen LogP contribution in [0, 0.1) is 0 Å². The van der Waals surface area contributed by atoms with Crippen molar-refractivity contribution < 1.29 is 4.79 Å². The fraction of sp³-hybridized carbons (Fsp3) is 0.417. The van der Waals surface area contributed by atoms with E-state index in [1.54, 1.807) is 0 Å². The van der Waals surface area contributed by atoms with Gasteiger partial charge in [-0.1, -0.05) is 28.1 Å². The number of piperidine rings is 1. The molecule has 3 nitrogen and oxygen atoms in total. The van der Waals surface area contributed by atoms with E-state index >= 15 is 0 Å². The van der Waals surface area contributed by atoms with Crippen molar-refractivity contribution in [3.05, 3.63) is 34.3 Å². The first kappa shape index (κ1) is 11.6. The van der Waals surface area contributed by atoms with Crippen LogP contribution in [-0.4, -0.2) is 18.5 Å². The third-order valence-corrected chi connectivity index (χ3v) is 3.22. The van der Waals surface area contributed by atoms with Gasteiger partial charge < -0.3 is 10.6 Å². The van der Waals surface area contributed by atoms with Crippen molar-refractivity contribution in [1.29, 1.82) is 0 Å². The van der Waals surface area contributed by atoms with Crippen molar-refractivity contribution in [2.24, 2.45) is 0 Å². The third-order valence-electron chi connectivity index (χ3n) is 2.73. The van der Waals surface area contributed by atoms with Crippen LogP contribution >= 0.6 is 15.9 Å². The summed E-state index contributed by atoms with van der Waals surface area (Å²) in [5, 5.41) is 6.15. The molecule has 86 valence electrons. The maximum absolute atomic E-state index is 11.5. The van der Waals surface area contributed by atoms with Crippen LogP contribution in [0.3, 0.4) is 0 Å². The number of benzene rings is 1. The molecule has 1 saturated heterocycles. The van der Waals surface area contributed by atoms with E-state index < -0.39 is 0 Å². The minimum atomic E-state index is -0.0345. The van der Waals surface area contributed by atoms with Crippen molar-refractivity contribution >= 4 is 21.8 Å². The van der Waals surface area contributed by atoms with Crippen LogP contribution < -0.4 is 10.6 Å². The first-order valence-electron chi connectivity index (χ1n) is 5.51. The first-order valence-corrected chi connectivity index (χ1v) is 6.30. The zero-order valence-electron chi connectivity index (χ0n) is 9.00. The highest BCUT2D eigenvalue weighted by molar-refractivity contribution is 9.10. The van der Waals surface area contributed by atoms with E-state index in [2.05, 4.69) is 38.7 Å². The van der Waals surface area contributed by atoms with E-state index in [1.807, 2.05) is 12.1 Å². The Labute approximate surface area is 104 Å². The van der Waals surface area contributed by atoms with Gasteiger partial charge in [0.05, 0.1) is 6.04 Å². The number of carbonyl (C=O) groups is 1. The summed E-state index contributed by atoms with van der Waals surface area (Å²) in [5.41, 5.74) is 1.19. The number of hydrogen-bond acceptors (Lipinski definition) is 2. The normalized spacial score (nSPS) is 20.6. The fourth-order valence-electron chi connectivity index (χ4n) is 1.85. The maximum Gasteiger partial charge on any atom is 0.237 e. The average molecular weight is 283 g/mol. The Kier molecular flexibility index (Phi) is 3.96. The number of nitrogens with one attached hydrogen (secondary N) is 2. The molecular weight excluding hydrogens is 268 g/mol. The largest absolute Gasteiger partial charge is 0.355 e. The molecule has 1 unspecified atom stereocenters. The molecular formula is C12H15BrN2O. The zero-order chi connectivity index (χ0) is 11.4. The topological polar surface area (TPSA) is 41.1 Å². The molecule has 1 fully saturated rings. The molecule has 0 spiro atoms. The Morgan fingerprint density at radius 2 is 2.38 bits per heavy atom. The van der Waals surface area contributed by atoms with Crippen molar-refractivity contribution in [3.8, 4) is 0 Å². The van der Waals surface area contributed by atoms with E-state index in [9.17, 15) is 4.79 Å². The summed E-state index contributed by atoms with van der Waals surface area (Å²) < 4.78 is 1.07. The lowest BCUT2D eigenvalue weighted by Gasteiger charge is -2.22. The summed E-state index contributed by atoms with van der Waals surface area (Å²) in [4.78, 5) is 11.5. The molecule has 4 heteroatoms. The van der Waals surface area contributed by atoms with Gasteiger partial charge >= 0.3 is 0 Å². The Morgan fingerprint density at radius 3 is 3.12 bits per heavy atom. The number of rotatable bonds is 3. The smallest absolute Gasteiger partial charge is 0.237 e. The predicted octanol–water partition coefficient (Wildman–Crippen LogP) is 1.82. The van der Waals surface area contributed by atoms with Crippen LogP contribution in [0.4, 0.5) is 0 Å². The van der Waals surface area contributed by atoms with Gasteiger partial charge in [-0.25, -0.2) is 0 Å². The van der Waals surface area contributed by atoms with Gasteiger partial charge in [-0.2, -0.15) is 0 Å². The van der Waals surface area contributed by atoms with E-state index in [1.165, 1.54) is 5.56 Å². The summed E-state index contributed by atoms with van der Waals surface area (Å²) >= 11 is 3.43. The summed E-state index contributed by atoms with van der Waals surface area (Å²) in [6, 6.07) is 8.08. The Morgan fingerprint density at radius 1 is 1.50 bits per heavy atom. The maximum atomic E-state index is 11.5. The van der Waals surface area contributed by atoms with Crippen LogP contribution in [0.1, 0.15) is 18.4 Å². The van der Waals surface area contributed by atoms with Gasteiger partial charge in [-0.3, -0.25) is 4.79 Å². The second-order valence-electron chi connectivity index (χ2n) is 4.00. The second-order valence-corrected chi connectivity index (χ2v) is 4.91. The number of carbonyl (C=O) groups excluding carboxylic acids is 1. The molecule has 1 aromatic carbocycles. The predicted molar refractivity (Wildman–Crippen MR) is 67.0 cm³/mol. The summed E-state index contributed by atoms with van der Waals surface area (Å²) in [5.74, 6) is 0.126. The van der Waals surface area contributed by atoms with Gasteiger partial charge in [0.25, 0.3) is 0 Å². The molecule has 2 N–H and O–H groups in total. The average Bonchev–Trinajstić information content (AvgIpc) is 2.28. The Bertz CT molecular complexity index is 381. The number of halogens is 1.